The molecule has 0 aliphatic heterocycles. The molecule has 6 heteroatoms. The van der Waals surface area contributed by atoms with Crippen LogP contribution in [0.25, 0.3) is 11.3 Å². The molecule has 0 atom stereocenters. The van der Waals surface area contributed by atoms with Crippen LogP contribution in [0.4, 0.5) is 0 Å². The zero-order chi connectivity index (χ0) is 11.5. The molecule has 0 saturated carbocycles. The van der Waals surface area contributed by atoms with Crippen LogP contribution in [0.3, 0.4) is 0 Å². The number of rotatable bonds is 2. The lowest BCUT2D eigenvalue weighted by molar-refractivity contribution is 0.0697. The number of carboxylic acids is 1. The highest BCUT2D eigenvalue weighted by molar-refractivity contribution is 5.95. The molecule has 2 N–H and O–H groups in total. The summed E-state index contributed by atoms with van der Waals surface area (Å²) in [5.41, 5.74) is 0.712. The van der Waals surface area contributed by atoms with E-state index in [0.29, 0.717) is 11.3 Å². The highest BCUT2D eigenvalue weighted by atomic mass is 16.4. The van der Waals surface area contributed by atoms with Crippen LogP contribution in [-0.2, 0) is 0 Å². The molecule has 0 radical (unpaired) electrons. The molecule has 1 heterocycles. The van der Waals surface area contributed by atoms with Gasteiger partial charge in [-0.1, -0.05) is 0 Å². The molecule has 2 aromatic rings. The molecule has 0 unspecified atom stereocenters. The first-order valence-electron chi connectivity index (χ1n) is 4.39. The van der Waals surface area contributed by atoms with Gasteiger partial charge in [-0.05, 0) is 29.5 Å². The van der Waals surface area contributed by atoms with Crippen LogP contribution in [0.15, 0.2) is 30.5 Å². The largest absolute Gasteiger partial charge is 0.508 e. The van der Waals surface area contributed by atoms with E-state index < -0.39 is 5.97 Å². The summed E-state index contributed by atoms with van der Waals surface area (Å²) in [6.45, 7) is 0. The molecular weight excluding hydrogens is 210 g/mol. The SMILES string of the molecule is O=C(O)c1ccc(O)cc1-c1ccnnn1. The number of hydrogen-bond donors (Lipinski definition) is 2. The second kappa shape index (κ2) is 3.93. The van der Waals surface area contributed by atoms with Crippen molar-refractivity contribution in [3.63, 3.8) is 0 Å². The monoisotopic (exact) mass is 217 g/mol. The van der Waals surface area contributed by atoms with Gasteiger partial charge >= 0.3 is 5.97 Å². The first-order valence-corrected chi connectivity index (χ1v) is 4.39. The van der Waals surface area contributed by atoms with Crippen molar-refractivity contribution in [2.75, 3.05) is 0 Å². The van der Waals surface area contributed by atoms with E-state index in [9.17, 15) is 9.90 Å². The molecule has 1 aromatic carbocycles. The van der Waals surface area contributed by atoms with Crippen LogP contribution in [0, 0.1) is 0 Å². The van der Waals surface area contributed by atoms with Crippen molar-refractivity contribution in [2.45, 2.75) is 0 Å². The molecule has 1 aromatic heterocycles. The number of carboxylic acid groups (broad SMARTS) is 1. The van der Waals surface area contributed by atoms with E-state index in [0.717, 1.165) is 0 Å². The average Bonchev–Trinajstić information content (AvgIpc) is 2.29. The first kappa shape index (κ1) is 10.0. The van der Waals surface area contributed by atoms with Crippen LogP contribution in [0.5, 0.6) is 5.75 Å². The van der Waals surface area contributed by atoms with Crippen LogP contribution in [0.1, 0.15) is 10.4 Å². The molecule has 0 saturated heterocycles. The third kappa shape index (κ3) is 1.81. The van der Waals surface area contributed by atoms with Crippen molar-refractivity contribution in [3.05, 3.63) is 36.0 Å². The Morgan fingerprint density at radius 1 is 1.25 bits per heavy atom. The van der Waals surface area contributed by atoms with E-state index in [4.69, 9.17) is 5.11 Å². The van der Waals surface area contributed by atoms with E-state index >= 15 is 0 Å². The molecule has 0 aliphatic rings. The molecule has 0 amide bonds. The molecule has 6 nitrogen and oxygen atoms in total. The standard InChI is InChI=1S/C10H7N3O3/c14-6-1-2-7(10(15)16)8(5-6)9-3-4-11-13-12-9/h1-5,14H,(H,15,16). The predicted molar refractivity (Wildman–Crippen MR) is 53.9 cm³/mol. The lowest BCUT2D eigenvalue weighted by Crippen LogP contribution is -2.01. The lowest BCUT2D eigenvalue weighted by atomic mass is 10.0. The quantitative estimate of drug-likeness (QED) is 0.777. The van der Waals surface area contributed by atoms with Crippen LogP contribution in [-0.4, -0.2) is 31.6 Å². The van der Waals surface area contributed by atoms with Gasteiger partial charge in [0.25, 0.3) is 0 Å². The number of nitrogens with zero attached hydrogens (tertiary/aromatic N) is 3. The van der Waals surface area contributed by atoms with E-state index in [1.165, 1.54) is 30.5 Å². The fraction of sp³-hybridized carbons (Fsp3) is 0. The topological polar surface area (TPSA) is 96.2 Å². The van der Waals surface area contributed by atoms with Crippen molar-refractivity contribution >= 4 is 5.97 Å². The number of aromatic nitrogens is 3. The summed E-state index contributed by atoms with van der Waals surface area (Å²) in [4.78, 5) is 11.0. The van der Waals surface area contributed by atoms with Gasteiger partial charge in [0.05, 0.1) is 17.5 Å². The van der Waals surface area contributed by atoms with Gasteiger partial charge in [0.1, 0.15) is 5.75 Å². The van der Waals surface area contributed by atoms with Crippen molar-refractivity contribution < 1.29 is 15.0 Å². The first-order chi connectivity index (χ1) is 7.68. The van der Waals surface area contributed by atoms with Crippen LogP contribution in [0.2, 0.25) is 0 Å². The average molecular weight is 217 g/mol. The maximum absolute atomic E-state index is 11.0. The third-order valence-corrected chi connectivity index (χ3v) is 2.01. The Morgan fingerprint density at radius 3 is 2.69 bits per heavy atom. The maximum atomic E-state index is 11.0. The van der Waals surface area contributed by atoms with E-state index in [1.807, 2.05) is 0 Å². The summed E-state index contributed by atoms with van der Waals surface area (Å²) >= 11 is 0. The Labute approximate surface area is 90.2 Å². The maximum Gasteiger partial charge on any atom is 0.336 e. The summed E-state index contributed by atoms with van der Waals surface area (Å²) in [7, 11) is 0. The lowest BCUT2D eigenvalue weighted by Gasteiger charge is -2.04. The molecule has 2 rings (SSSR count). The zero-order valence-electron chi connectivity index (χ0n) is 8.03. The summed E-state index contributed by atoms with van der Waals surface area (Å²) < 4.78 is 0. The van der Waals surface area contributed by atoms with Gasteiger partial charge in [0.2, 0.25) is 0 Å². The Morgan fingerprint density at radius 2 is 2.06 bits per heavy atom. The predicted octanol–water partition coefficient (Wildman–Crippen LogP) is 0.942. The van der Waals surface area contributed by atoms with Gasteiger partial charge in [0.15, 0.2) is 0 Å². The fourth-order valence-electron chi connectivity index (χ4n) is 1.32. The third-order valence-electron chi connectivity index (χ3n) is 2.01. The van der Waals surface area contributed by atoms with Gasteiger partial charge in [-0.3, -0.25) is 0 Å². The molecule has 0 fully saturated rings. The molecule has 0 spiro atoms. The Kier molecular flexibility index (Phi) is 2.47. The number of carbonyl (C=O) groups is 1. The van der Waals surface area contributed by atoms with Gasteiger partial charge in [0, 0.05) is 5.56 Å². The van der Waals surface area contributed by atoms with Crippen molar-refractivity contribution in [1.29, 1.82) is 0 Å². The normalized spacial score (nSPS) is 10.0. The second-order valence-corrected chi connectivity index (χ2v) is 3.04. The smallest absolute Gasteiger partial charge is 0.336 e. The number of aromatic hydroxyl groups is 1. The van der Waals surface area contributed by atoms with Gasteiger partial charge in [-0.2, -0.15) is 0 Å². The van der Waals surface area contributed by atoms with E-state index in [1.54, 1.807) is 0 Å². The Balaban J connectivity index is 2.63. The van der Waals surface area contributed by atoms with Crippen molar-refractivity contribution in [3.8, 4) is 17.0 Å². The summed E-state index contributed by atoms with van der Waals surface area (Å²) in [5.74, 6) is -1.12. The fourth-order valence-corrected chi connectivity index (χ4v) is 1.32. The number of phenolic OH excluding ortho intramolecular Hbond substituents is 1. The number of phenols is 1. The summed E-state index contributed by atoms with van der Waals surface area (Å²) in [6.07, 6.45) is 1.40. The van der Waals surface area contributed by atoms with Gasteiger partial charge in [-0.15, -0.1) is 10.2 Å². The summed E-state index contributed by atoms with van der Waals surface area (Å²) in [5, 5.41) is 28.9. The van der Waals surface area contributed by atoms with Gasteiger partial charge < -0.3 is 10.2 Å². The Hall–Kier alpha value is -2.50. The van der Waals surface area contributed by atoms with E-state index in [-0.39, 0.29) is 11.3 Å². The Bertz CT molecular complexity index is 528. The minimum Gasteiger partial charge on any atom is -0.508 e. The van der Waals surface area contributed by atoms with E-state index in [2.05, 4.69) is 15.4 Å². The molecule has 80 valence electrons. The minimum atomic E-state index is -1.09. The van der Waals surface area contributed by atoms with Crippen molar-refractivity contribution in [2.24, 2.45) is 0 Å². The number of aromatic carboxylic acids is 1. The highest BCUT2D eigenvalue weighted by Gasteiger charge is 2.13. The minimum absolute atomic E-state index is 0.0291. The molecule has 0 bridgehead atoms. The number of hydrogen-bond acceptors (Lipinski definition) is 5. The highest BCUT2D eigenvalue weighted by Crippen LogP contribution is 2.25. The van der Waals surface area contributed by atoms with Gasteiger partial charge in [-0.25, -0.2) is 4.79 Å². The van der Waals surface area contributed by atoms with Crippen LogP contribution >= 0.6 is 0 Å². The molecular formula is C10H7N3O3. The summed E-state index contributed by atoms with van der Waals surface area (Å²) in [6, 6.07) is 5.47. The molecule has 16 heavy (non-hydrogen) atoms. The second-order valence-electron chi connectivity index (χ2n) is 3.04. The zero-order valence-corrected chi connectivity index (χ0v) is 8.03. The molecule has 0 aliphatic carbocycles. The number of benzene rings is 1. The van der Waals surface area contributed by atoms with Crippen molar-refractivity contribution in [1.82, 2.24) is 15.4 Å². The van der Waals surface area contributed by atoms with Crippen LogP contribution < -0.4 is 0 Å².